The molecule has 0 unspecified atom stereocenters. The minimum Gasteiger partial charge on any atom is -0.380 e. The van der Waals surface area contributed by atoms with Crippen LogP contribution in [0.5, 0.6) is 0 Å². The minimum atomic E-state index is -3.42. The van der Waals surface area contributed by atoms with E-state index < -0.39 is 10.0 Å². The summed E-state index contributed by atoms with van der Waals surface area (Å²) in [5.41, 5.74) is 2.45. The lowest BCUT2D eigenvalue weighted by Crippen LogP contribution is -2.27. The first-order valence-electron chi connectivity index (χ1n) is 8.80. The Balaban J connectivity index is 1.73. The van der Waals surface area contributed by atoms with E-state index in [4.69, 9.17) is 0 Å². The summed E-state index contributed by atoms with van der Waals surface area (Å²) in [5, 5.41) is 12.4. The lowest BCUT2D eigenvalue weighted by atomic mass is 10.1. The van der Waals surface area contributed by atoms with Gasteiger partial charge in [-0.1, -0.05) is 12.1 Å². The van der Waals surface area contributed by atoms with Gasteiger partial charge in [-0.25, -0.2) is 8.42 Å². The molecule has 0 aliphatic carbocycles. The fraction of sp³-hybridized carbons (Fsp3) is 0.300. The highest BCUT2D eigenvalue weighted by molar-refractivity contribution is 7.89. The highest BCUT2D eigenvalue weighted by Crippen LogP contribution is 2.22. The summed E-state index contributed by atoms with van der Waals surface area (Å²) in [5.74, 6) is -0.0704. The second-order valence-electron chi connectivity index (χ2n) is 6.54. The topological polar surface area (TPSA) is 90.3 Å². The molecule has 7 heteroatoms. The molecule has 0 radical (unpaired) electrons. The zero-order valence-corrected chi connectivity index (χ0v) is 15.9. The molecular formula is C20H21N3O3S. The van der Waals surface area contributed by atoms with Gasteiger partial charge in [0.25, 0.3) is 0 Å². The number of carbonyl (C=O) groups is 1. The van der Waals surface area contributed by atoms with Crippen LogP contribution in [0, 0.1) is 11.3 Å². The van der Waals surface area contributed by atoms with Crippen LogP contribution in [0.2, 0.25) is 0 Å². The minimum absolute atomic E-state index is 0.0704. The molecule has 2 aromatic carbocycles. The number of benzene rings is 2. The Morgan fingerprint density at radius 1 is 1.15 bits per heavy atom. The summed E-state index contributed by atoms with van der Waals surface area (Å²) in [4.78, 5) is 11.8. The predicted octanol–water partition coefficient (Wildman–Crippen LogP) is 3.16. The number of nitrogens with zero attached hydrogens (tertiary/aromatic N) is 2. The SMILES string of the molecule is CC(=O)c1ccc(C#N)c(NCc2ccc(S(=O)(=O)N3CCCC3)cc2)c1. The number of rotatable bonds is 6. The first-order valence-corrected chi connectivity index (χ1v) is 10.2. The highest BCUT2D eigenvalue weighted by atomic mass is 32.2. The first-order chi connectivity index (χ1) is 12.9. The van der Waals surface area contributed by atoms with Crippen LogP contribution in [0.3, 0.4) is 0 Å². The third-order valence-electron chi connectivity index (χ3n) is 4.66. The van der Waals surface area contributed by atoms with E-state index in [-0.39, 0.29) is 5.78 Å². The number of ketones is 1. The zero-order chi connectivity index (χ0) is 19.4. The van der Waals surface area contributed by atoms with E-state index in [2.05, 4.69) is 11.4 Å². The molecule has 1 aliphatic heterocycles. The smallest absolute Gasteiger partial charge is 0.243 e. The second kappa shape index (κ2) is 7.91. The van der Waals surface area contributed by atoms with Crippen molar-refractivity contribution in [1.82, 2.24) is 4.31 Å². The highest BCUT2D eigenvalue weighted by Gasteiger charge is 2.26. The Labute approximate surface area is 159 Å². The van der Waals surface area contributed by atoms with Gasteiger partial charge in [0.2, 0.25) is 10.0 Å². The average molecular weight is 383 g/mol. The second-order valence-corrected chi connectivity index (χ2v) is 8.47. The Bertz CT molecular complexity index is 986. The fourth-order valence-electron chi connectivity index (χ4n) is 3.06. The summed E-state index contributed by atoms with van der Waals surface area (Å²) in [6, 6.07) is 13.8. The lowest BCUT2D eigenvalue weighted by molar-refractivity contribution is 0.101. The van der Waals surface area contributed by atoms with E-state index in [0.29, 0.717) is 41.3 Å². The van der Waals surface area contributed by atoms with Gasteiger partial charge < -0.3 is 5.32 Å². The van der Waals surface area contributed by atoms with Crippen molar-refractivity contribution in [3.63, 3.8) is 0 Å². The van der Waals surface area contributed by atoms with Crippen molar-refractivity contribution < 1.29 is 13.2 Å². The van der Waals surface area contributed by atoms with Gasteiger partial charge >= 0.3 is 0 Å². The van der Waals surface area contributed by atoms with E-state index in [1.165, 1.54) is 11.2 Å². The Kier molecular flexibility index (Phi) is 5.59. The van der Waals surface area contributed by atoms with Crippen molar-refractivity contribution in [1.29, 1.82) is 5.26 Å². The van der Waals surface area contributed by atoms with Gasteiger partial charge in [-0.15, -0.1) is 0 Å². The summed E-state index contributed by atoms with van der Waals surface area (Å²) >= 11 is 0. The maximum Gasteiger partial charge on any atom is 0.243 e. The van der Waals surface area contributed by atoms with Gasteiger partial charge in [0, 0.05) is 25.2 Å². The molecule has 2 aromatic rings. The van der Waals surface area contributed by atoms with Crippen molar-refractivity contribution in [2.45, 2.75) is 31.2 Å². The van der Waals surface area contributed by atoms with Crippen molar-refractivity contribution in [3.05, 3.63) is 59.2 Å². The third kappa shape index (κ3) is 4.18. The van der Waals surface area contributed by atoms with Crippen molar-refractivity contribution in [2.24, 2.45) is 0 Å². The van der Waals surface area contributed by atoms with Gasteiger partial charge in [-0.05, 0) is 55.7 Å². The monoisotopic (exact) mass is 383 g/mol. The number of carbonyl (C=O) groups excluding carboxylic acids is 1. The van der Waals surface area contributed by atoms with Crippen LogP contribution in [-0.4, -0.2) is 31.6 Å². The van der Waals surface area contributed by atoms with Gasteiger partial charge in [0.15, 0.2) is 5.78 Å². The number of nitriles is 1. The van der Waals surface area contributed by atoms with Crippen molar-refractivity contribution >= 4 is 21.5 Å². The van der Waals surface area contributed by atoms with E-state index in [1.807, 2.05) is 0 Å². The Hall–Kier alpha value is -2.69. The number of sulfonamides is 1. The zero-order valence-electron chi connectivity index (χ0n) is 15.1. The molecule has 1 aliphatic rings. The van der Waals surface area contributed by atoms with Crippen LogP contribution in [0.4, 0.5) is 5.69 Å². The van der Waals surface area contributed by atoms with Crippen LogP contribution in [0.1, 0.15) is 41.3 Å². The van der Waals surface area contributed by atoms with Gasteiger partial charge in [0.05, 0.1) is 16.1 Å². The van der Waals surface area contributed by atoms with Gasteiger partial charge in [0.1, 0.15) is 6.07 Å². The van der Waals surface area contributed by atoms with E-state index in [9.17, 15) is 18.5 Å². The lowest BCUT2D eigenvalue weighted by Gasteiger charge is -2.16. The molecule has 140 valence electrons. The van der Waals surface area contributed by atoms with E-state index in [0.717, 1.165) is 18.4 Å². The van der Waals surface area contributed by atoms with Crippen LogP contribution in [-0.2, 0) is 16.6 Å². The van der Waals surface area contributed by atoms with Crippen LogP contribution in [0.15, 0.2) is 47.4 Å². The van der Waals surface area contributed by atoms with Crippen LogP contribution in [0.25, 0.3) is 0 Å². The molecule has 6 nitrogen and oxygen atoms in total. The van der Waals surface area contributed by atoms with Crippen molar-refractivity contribution in [2.75, 3.05) is 18.4 Å². The number of Topliss-reactive ketones (excluding diaryl/α,β-unsaturated/α-hetero) is 1. The number of anilines is 1. The molecule has 1 saturated heterocycles. The van der Waals surface area contributed by atoms with Crippen molar-refractivity contribution in [3.8, 4) is 6.07 Å². The fourth-order valence-corrected chi connectivity index (χ4v) is 4.58. The molecule has 1 heterocycles. The normalized spacial score (nSPS) is 14.7. The number of nitrogens with one attached hydrogen (secondary N) is 1. The molecule has 0 bridgehead atoms. The maximum absolute atomic E-state index is 12.6. The molecule has 27 heavy (non-hydrogen) atoms. The molecule has 1 N–H and O–H groups in total. The Morgan fingerprint density at radius 2 is 1.81 bits per heavy atom. The van der Waals surface area contributed by atoms with Crippen LogP contribution >= 0.6 is 0 Å². The number of hydrogen-bond acceptors (Lipinski definition) is 5. The molecule has 0 amide bonds. The average Bonchev–Trinajstić information content (AvgIpc) is 3.22. The number of hydrogen-bond donors (Lipinski definition) is 1. The summed E-state index contributed by atoms with van der Waals surface area (Å²) in [7, 11) is -3.42. The quantitative estimate of drug-likeness (QED) is 0.774. The standard InChI is InChI=1S/C20H21N3O3S/c1-15(24)17-6-7-18(13-21)20(12-17)22-14-16-4-8-19(9-5-16)27(25,26)23-10-2-3-11-23/h4-9,12,22H,2-3,10-11,14H2,1H3. The largest absolute Gasteiger partial charge is 0.380 e. The van der Waals surface area contributed by atoms with E-state index in [1.54, 1.807) is 42.5 Å². The van der Waals surface area contributed by atoms with Gasteiger partial charge in [-0.3, -0.25) is 4.79 Å². The van der Waals surface area contributed by atoms with Crippen LogP contribution < -0.4 is 5.32 Å². The molecular weight excluding hydrogens is 362 g/mol. The molecule has 0 atom stereocenters. The Morgan fingerprint density at radius 3 is 2.41 bits per heavy atom. The molecule has 1 fully saturated rings. The summed E-state index contributed by atoms with van der Waals surface area (Å²) in [6.07, 6.45) is 1.81. The third-order valence-corrected chi connectivity index (χ3v) is 6.57. The summed E-state index contributed by atoms with van der Waals surface area (Å²) in [6.45, 7) is 3.05. The maximum atomic E-state index is 12.6. The molecule has 0 spiro atoms. The summed E-state index contributed by atoms with van der Waals surface area (Å²) < 4.78 is 26.6. The molecule has 0 saturated carbocycles. The first kappa shape index (κ1) is 19.1. The molecule has 3 rings (SSSR count). The predicted molar refractivity (Wildman–Crippen MR) is 103 cm³/mol. The molecule has 0 aromatic heterocycles. The van der Waals surface area contributed by atoms with E-state index >= 15 is 0 Å². The van der Waals surface area contributed by atoms with Gasteiger partial charge in [-0.2, -0.15) is 9.57 Å².